The van der Waals surface area contributed by atoms with E-state index in [0.29, 0.717) is 18.0 Å². The van der Waals surface area contributed by atoms with Gasteiger partial charge in [0.05, 0.1) is 26.2 Å². The molecule has 7 nitrogen and oxygen atoms in total. The van der Waals surface area contributed by atoms with Gasteiger partial charge < -0.3 is 25.4 Å². The average Bonchev–Trinajstić information content (AvgIpc) is 2.57. The number of methoxy groups -OCH3 is 2. The molecule has 0 saturated carbocycles. The van der Waals surface area contributed by atoms with E-state index in [0.717, 1.165) is 0 Å². The molecule has 0 saturated heterocycles. The third-order valence-corrected chi connectivity index (χ3v) is 3.42. The Morgan fingerprint density at radius 3 is 2.65 bits per heavy atom. The van der Waals surface area contributed by atoms with Gasteiger partial charge in [-0.1, -0.05) is 6.07 Å². The Bertz CT molecular complexity index is 518. The monoisotopic (exact) mass is 323 g/mol. The van der Waals surface area contributed by atoms with Gasteiger partial charge in [0.25, 0.3) is 0 Å². The first-order valence-electron chi connectivity index (χ1n) is 7.48. The van der Waals surface area contributed by atoms with Crippen molar-refractivity contribution in [2.24, 2.45) is 5.73 Å². The van der Waals surface area contributed by atoms with Gasteiger partial charge in [-0.15, -0.1) is 0 Å². The molecule has 3 N–H and O–H groups in total. The number of ether oxygens (including phenoxy) is 2. The molecule has 23 heavy (non-hydrogen) atoms. The van der Waals surface area contributed by atoms with Crippen molar-refractivity contribution in [1.82, 2.24) is 4.90 Å². The number of rotatable bonds is 9. The van der Waals surface area contributed by atoms with Crippen LogP contribution in [0, 0.1) is 0 Å². The zero-order chi connectivity index (χ0) is 17.2. The van der Waals surface area contributed by atoms with Crippen molar-refractivity contribution in [2.45, 2.75) is 19.4 Å². The van der Waals surface area contributed by atoms with Crippen LogP contribution in [-0.4, -0.2) is 56.7 Å². The first-order chi connectivity index (χ1) is 11.0. The van der Waals surface area contributed by atoms with Crippen LogP contribution in [0.1, 0.15) is 13.3 Å². The van der Waals surface area contributed by atoms with Gasteiger partial charge in [-0.3, -0.25) is 9.59 Å². The zero-order valence-corrected chi connectivity index (χ0v) is 13.9. The van der Waals surface area contributed by atoms with E-state index >= 15 is 0 Å². The third kappa shape index (κ3) is 6.25. The van der Waals surface area contributed by atoms with Crippen molar-refractivity contribution in [2.75, 3.05) is 39.2 Å². The molecule has 0 aliphatic heterocycles. The van der Waals surface area contributed by atoms with Gasteiger partial charge in [-0.2, -0.15) is 0 Å². The van der Waals surface area contributed by atoms with Gasteiger partial charge in [0, 0.05) is 32.0 Å². The highest BCUT2D eigenvalue weighted by atomic mass is 16.5. The summed E-state index contributed by atoms with van der Waals surface area (Å²) in [6.45, 7) is 2.50. The number of carbonyl (C=O) groups is 2. The number of amides is 2. The van der Waals surface area contributed by atoms with E-state index in [1.54, 1.807) is 31.4 Å². The van der Waals surface area contributed by atoms with Gasteiger partial charge in [0.15, 0.2) is 0 Å². The highest BCUT2D eigenvalue weighted by molar-refractivity contribution is 5.94. The van der Waals surface area contributed by atoms with Crippen LogP contribution in [0.5, 0.6) is 5.75 Å². The van der Waals surface area contributed by atoms with Crippen LogP contribution >= 0.6 is 0 Å². The average molecular weight is 323 g/mol. The fourth-order valence-corrected chi connectivity index (χ4v) is 2.04. The Hall–Kier alpha value is -2.12. The minimum Gasteiger partial charge on any atom is -0.497 e. The van der Waals surface area contributed by atoms with Crippen molar-refractivity contribution < 1.29 is 19.1 Å². The number of anilines is 1. The number of nitrogens with zero attached hydrogens (tertiary/aromatic N) is 1. The molecule has 0 spiro atoms. The fraction of sp³-hybridized carbons (Fsp3) is 0.500. The molecule has 0 aromatic heterocycles. The zero-order valence-electron chi connectivity index (χ0n) is 13.9. The maximum absolute atomic E-state index is 12.2. The molecule has 0 heterocycles. The molecule has 0 aliphatic carbocycles. The molecule has 1 rings (SSSR count). The van der Waals surface area contributed by atoms with Crippen LogP contribution in [0.2, 0.25) is 0 Å². The molecule has 2 amide bonds. The van der Waals surface area contributed by atoms with Crippen LogP contribution in [0.15, 0.2) is 24.3 Å². The van der Waals surface area contributed by atoms with Crippen molar-refractivity contribution in [3.8, 4) is 5.75 Å². The minimum absolute atomic E-state index is 0.0203. The van der Waals surface area contributed by atoms with Crippen molar-refractivity contribution in [3.05, 3.63) is 24.3 Å². The second kappa shape index (κ2) is 9.81. The van der Waals surface area contributed by atoms with Crippen LogP contribution < -0.4 is 15.8 Å². The summed E-state index contributed by atoms with van der Waals surface area (Å²) in [5, 5.41) is 2.75. The Labute approximate surface area is 136 Å². The number of carbonyl (C=O) groups excluding carboxylic acids is 2. The largest absolute Gasteiger partial charge is 0.497 e. The quantitative estimate of drug-likeness (QED) is 0.702. The van der Waals surface area contributed by atoms with Crippen molar-refractivity contribution in [3.63, 3.8) is 0 Å². The lowest BCUT2D eigenvalue weighted by Crippen LogP contribution is -2.40. The lowest BCUT2D eigenvalue weighted by atomic mass is 10.2. The van der Waals surface area contributed by atoms with Crippen LogP contribution in [0.4, 0.5) is 5.69 Å². The van der Waals surface area contributed by atoms with E-state index in [9.17, 15) is 9.59 Å². The summed E-state index contributed by atoms with van der Waals surface area (Å²) in [7, 11) is 3.07. The second-order valence-corrected chi connectivity index (χ2v) is 4.99. The standard InChI is InChI=1S/C16H25N3O4/c1-4-19(16(21)9-14(10-17)23-3)11-15(20)18-12-6-5-7-13(8-12)22-2/h5-8,14H,4,9-11,17H2,1-3H3,(H,18,20). The molecular formula is C16H25N3O4. The summed E-state index contributed by atoms with van der Waals surface area (Å²) >= 11 is 0. The Balaban J connectivity index is 2.60. The lowest BCUT2D eigenvalue weighted by molar-refractivity contribution is -0.136. The topological polar surface area (TPSA) is 93.9 Å². The SMILES string of the molecule is CCN(CC(=O)Nc1cccc(OC)c1)C(=O)CC(CN)OC. The van der Waals surface area contributed by atoms with Gasteiger partial charge in [-0.25, -0.2) is 0 Å². The number of hydrogen-bond donors (Lipinski definition) is 2. The number of nitrogens with two attached hydrogens (primary N) is 1. The maximum atomic E-state index is 12.2. The van der Waals surface area contributed by atoms with Gasteiger partial charge in [0.1, 0.15) is 5.75 Å². The van der Waals surface area contributed by atoms with Gasteiger partial charge in [0.2, 0.25) is 11.8 Å². The molecule has 128 valence electrons. The Morgan fingerprint density at radius 1 is 1.35 bits per heavy atom. The summed E-state index contributed by atoms with van der Waals surface area (Å²) in [5.74, 6) is 0.220. The maximum Gasteiger partial charge on any atom is 0.243 e. The van der Waals surface area contributed by atoms with E-state index in [2.05, 4.69) is 5.32 Å². The van der Waals surface area contributed by atoms with E-state index < -0.39 is 0 Å². The Kier molecular flexibility index (Phi) is 8.07. The smallest absolute Gasteiger partial charge is 0.243 e. The summed E-state index contributed by atoms with van der Waals surface area (Å²) < 4.78 is 10.2. The summed E-state index contributed by atoms with van der Waals surface area (Å²) in [4.78, 5) is 25.8. The molecule has 1 aromatic rings. The molecule has 0 aliphatic rings. The molecule has 0 fully saturated rings. The normalized spacial score (nSPS) is 11.7. The summed E-state index contributed by atoms with van der Waals surface area (Å²) in [5.41, 5.74) is 6.14. The number of likely N-dealkylation sites (N-methyl/N-ethyl adjacent to an activating group) is 1. The predicted molar refractivity (Wildman–Crippen MR) is 88.3 cm³/mol. The minimum atomic E-state index is -0.335. The Morgan fingerprint density at radius 2 is 2.09 bits per heavy atom. The van der Waals surface area contributed by atoms with Crippen LogP contribution in [0.25, 0.3) is 0 Å². The molecule has 7 heteroatoms. The van der Waals surface area contributed by atoms with Crippen molar-refractivity contribution in [1.29, 1.82) is 0 Å². The molecule has 1 aromatic carbocycles. The first-order valence-corrected chi connectivity index (χ1v) is 7.48. The molecular weight excluding hydrogens is 298 g/mol. The first kappa shape index (κ1) is 18.9. The summed E-state index contributed by atoms with van der Waals surface area (Å²) in [6.07, 6.45) is -0.175. The second-order valence-electron chi connectivity index (χ2n) is 4.99. The highest BCUT2D eigenvalue weighted by Gasteiger charge is 2.19. The lowest BCUT2D eigenvalue weighted by Gasteiger charge is -2.22. The van der Waals surface area contributed by atoms with Gasteiger partial charge >= 0.3 is 0 Å². The van der Waals surface area contributed by atoms with E-state index in [1.165, 1.54) is 12.0 Å². The van der Waals surface area contributed by atoms with Crippen LogP contribution in [0.3, 0.4) is 0 Å². The predicted octanol–water partition coefficient (Wildman–Crippen LogP) is 0.846. The fourth-order valence-electron chi connectivity index (χ4n) is 2.04. The molecule has 1 unspecified atom stereocenters. The summed E-state index contributed by atoms with van der Waals surface area (Å²) in [6, 6.07) is 7.04. The van der Waals surface area contributed by atoms with Crippen LogP contribution in [-0.2, 0) is 14.3 Å². The van der Waals surface area contributed by atoms with Crippen molar-refractivity contribution >= 4 is 17.5 Å². The van der Waals surface area contributed by atoms with Gasteiger partial charge in [-0.05, 0) is 19.1 Å². The number of hydrogen-bond acceptors (Lipinski definition) is 5. The molecule has 1 atom stereocenters. The van der Waals surface area contributed by atoms with E-state index in [1.807, 2.05) is 6.92 Å². The molecule has 0 bridgehead atoms. The van der Waals surface area contributed by atoms with E-state index in [-0.39, 0.29) is 37.4 Å². The third-order valence-electron chi connectivity index (χ3n) is 3.42. The highest BCUT2D eigenvalue weighted by Crippen LogP contribution is 2.16. The number of benzene rings is 1. The number of nitrogens with one attached hydrogen (secondary N) is 1. The van der Waals surface area contributed by atoms with E-state index in [4.69, 9.17) is 15.2 Å². The molecule has 0 radical (unpaired) electrons.